The van der Waals surface area contributed by atoms with Crippen molar-refractivity contribution in [3.8, 4) is 11.9 Å². The molecule has 3 heterocycles. The van der Waals surface area contributed by atoms with E-state index in [1.54, 1.807) is 23.7 Å². The summed E-state index contributed by atoms with van der Waals surface area (Å²) >= 11 is 6.07. The molecule has 0 saturated carbocycles. The standard InChI is InChI=1S/C23H24ClN7O3S/c1-15(27-22(32)17-10-18(24)12-19(11-17)35(2,33)34)21-28-23(30-8-4-3-5-9-30)29-31(21)20-7-6-16(13-25)14-26-20/h6-7,10-12,14-15H,3-5,8-9H2,1-2H3,(H,27,32)/t15-/m0/s1. The van der Waals surface area contributed by atoms with Crippen LogP contribution >= 0.6 is 11.6 Å². The summed E-state index contributed by atoms with van der Waals surface area (Å²) in [6, 6.07) is 8.73. The smallest absolute Gasteiger partial charge is 0.251 e. The van der Waals surface area contributed by atoms with Crippen LogP contribution in [0.1, 0.15) is 54.0 Å². The molecule has 12 heteroatoms. The summed E-state index contributed by atoms with van der Waals surface area (Å²) in [6.45, 7) is 3.42. The SMILES string of the molecule is C[C@H](NC(=O)c1cc(Cl)cc(S(C)(=O)=O)c1)c1nc(N2CCCCC2)nn1-c1ccc(C#N)cn1. The van der Waals surface area contributed by atoms with E-state index in [2.05, 4.69) is 20.3 Å². The van der Waals surface area contributed by atoms with Crippen LogP contribution in [-0.2, 0) is 9.84 Å². The number of hydrogen-bond acceptors (Lipinski definition) is 8. The Balaban J connectivity index is 1.67. The minimum Gasteiger partial charge on any atom is -0.342 e. The lowest BCUT2D eigenvalue weighted by molar-refractivity contribution is 0.0937. The van der Waals surface area contributed by atoms with E-state index in [4.69, 9.17) is 21.8 Å². The van der Waals surface area contributed by atoms with Crippen molar-refractivity contribution in [1.82, 2.24) is 25.1 Å². The largest absolute Gasteiger partial charge is 0.342 e. The van der Waals surface area contributed by atoms with Crippen LogP contribution in [0.2, 0.25) is 5.02 Å². The molecule has 1 saturated heterocycles. The van der Waals surface area contributed by atoms with Crippen molar-refractivity contribution in [2.24, 2.45) is 0 Å². The number of nitrogens with one attached hydrogen (secondary N) is 1. The van der Waals surface area contributed by atoms with Crippen molar-refractivity contribution in [2.45, 2.75) is 37.1 Å². The first-order valence-electron chi connectivity index (χ1n) is 11.1. The molecule has 3 aromatic rings. The zero-order valence-corrected chi connectivity index (χ0v) is 20.8. The van der Waals surface area contributed by atoms with E-state index < -0.39 is 21.8 Å². The van der Waals surface area contributed by atoms with E-state index in [0.29, 0.717) is 23.2 Å². The van der Waals surface area contributed by atoms with Gasteiger partial charge < -0.3 is 10.2 Å². The number of pyridine rings is 1. The fraction of sp³-hybridized carbons (Fsp3) is 0.348. The molecule has 35 heavy (non-hydrogen) atoms. The summed E-state index contributed by atoms with van der Waals surface area (Å²) < 4.78 is 25.5. The Morgan fingerprint density at radius 2 is 1.94 bits per heavy atom. The molecule has 0 unspecified atom stereocenters. The Morgan fingerprint density at radius 1 is 1.20 bits per heavy atom. The van der Waals surface area contributed by atoms with Crippen LogP contribution in [0.3, 0.4) is 0 Å². The van der Waals surface area contributed by atoms with Gasteiger partial charge in [0.1, 0.15) is 6.07 Å². The lowest BCUT2D eigenvalue weighted by Crippen LogP contribution is -2.30. The number of amides is 1. The number of piperidine rings is 1. The molecule has 1 fully saturated rings. The predicted molar refractivity (Wildman–Crippen MR) is 130 cm³/mol. The number of carbonyl (C=O) groups is 1. The highest BCUT2D eigenvalue weighted by Gasteiger charge is 2.24. The highest BCUT2D eigenvalue weighted by atomic mass is 35.5. The van der Waals surface area contributed by atoms with Gasteiger partial charge in [-0.15, -0.1) is 5.10 Å². The van der Waals surface area contributed by atoms with Gasteiger partial charge in [0.05, 0.1) is 16.5 Å². The van der Waals surface area contributed by atoms with E-state index in [1.807, 2.05) is 6.07 Å². The minimum absolute atomic E-state index is 0.0415. The van der Waals surface area contributed by atoms with Crippen molar-refractivity contribution in [1.29, 1.82) is 5.26 Å². The maximum Gasteiger partial charge on any atom is 0.251 e. The minimum atomic E-state index is -3.55. The van der Waals surface area contributed by atoms with Gasteiger partial charge in [0.15, 0.2) is 21.5 Å². The van der Waals surface area contributed by atoms with Crippen LogP contribution in [0.15, 0.2) is 41.4 Å². The number of carbonyl (C=O) groups excluding carboxylic acids is 1. The van der Waals surface area contributed by atoms with Crippen molar-refractivity contribution >= 4 is 33.3 Å². The summed E-state index contributed by atoms with van der Waals surface area (Å²) in [6.07, 6.45) is 5.75. The van der Waals surface area contributed by atoms with Gasteiger partial charge in [-0.05, 0) is 56.5 Å². The van der Waals surface area contributed by atoms with Crippen LogP contribution in [0.25, 0.3) is 5.82 Å². The summed E-state index contributed by atoms with van der Waals surface area (Å²) in [7, 11) is -3.55. The third-order valence-electron chi connectivity index (χ3n) is 5.65. The molecule has 10 nitrogen and oxygen atoms in total. The summed E-state index contributed by atoms with van der Waals surface area (Å²) in [5, 5.41) is 16.7. The van der Waals surface area contributed by atoms with Gasteiger partial charge in [0, 0.05) is 36.1 Å². The lowest BCUT2D eigenvalue weighted by Gasteiger charge is -2.25. The number of anilines is 1. The summed E-state index contributed by atoms with van der Waals surface area (Å²) in [5.41, 5.74) is 0.527. The topological polar surface area (TPSA) is 134 Å². The summed E-state index contributed by atoms with van der Waals surface area (Å²) in [5.74, 6) is 0.931. The maximum absolute atomic E-state index is 13.0. The number of nitrogens with zero attached hydrogens (tertiary/aromatic N) is 6. The molecule has 0 spiro atoms. The maximum atomic E-state index is 13.0. The molecule has 0 bridgehead atoms. The fourth-order valence-corrected chi connectivity index (χ4v) is 4.80. The van der Waals surface area contributed by atoms with Gasteiger partial charge in [0.25, 0.3) is 5.91 Å². The van der Waals surface area contributed by atoms with E-state index in [9.17, 15) is 13.2 Å². The monoisotopic (exact) mass is 513 g/mol. The number of benzene rings is 1. The molecule has 182 valence electrons. The Bertz CT molecular complexity index is 1390. The van der Waals surface area contributed by atoms with E-state index >= 15 is 0 Å². The van der Waals surface area contributed by atoms with Crippen molar-refractivity contribution in [3.05, 3.63) is 58.5 Å². The number of nitriles is 1. The van der Waals surface area contributed by atoms with E-state index in [1.165, 1.54) is 24.4 Å². The van der Waals surface area contributed by atoms with E-state index in [-0.39, 0.29) is 15.5 Å². The normalized spacial score (nSPS) is 14.9. The highest BCUT2D eigenvalue weighted by molar-refractivity contribution is 7.90. The Kier molecular flexibility index (Phi) is 7.05. The molecule has 0 radical (unpaired) electrons. The lowest BCUT2D eigenvalue weighted by atomic mass is 10.1. The van der Waals surface area contributed by atoms with Crippen LogP contribution in [0.5, 0.6) is 0 Å². The second-order valence-electron chi connectivity index (χ2n) is 8.39. The number of sulfone groups is 1. The molecule has 1 aromatic carbocycles. The molecular weight excluding hydrogens is 490 g/mol. The first-order valence-corrected chi connectivity index (χ1v) is 13.3. The van der Waals surface area contributed by atoms with Crippen LogP contribution in [0.4, 0.5) is 5.95 Å². The number of halogens is 1. The molecule has 2 aromatic heterocycles. The van der Waals surface area contributed by atoms with Gasteiger partial charge in [-0.1, -0.05) is 11.6 Å². The molecule has 1 atom stereocenters. The second-order valence-corrected chi connectivity index (χ2v) is 10.8. The summed E-state index contributed by atoms with van der Waals surface area (Å²) in [4.78, 5) is 24.1. The third-order valence-corrected chi connectivity index (χ3v) is 6.96. The average molecular weight is 514 g/mol. The molecule has 1 N–H and O–H groups in total. The van der Waals surface area contributed by atoms with E-state index in [0.717, 1.165) is 38.6 Å². The highest BCUT2D eigenvalue weighted by Crippen LogP contribution is 2.23. The van der Waals surface area contributed by atoms with Crippen molar-refractivity contribution in [2.75, 3.05) is 24.2 Å². The van der Waals surface area contributed by atoms with Gasteiger partial charge >= 0.3 is 0 Å². The van der Waals surface area contributed by atoms with Crippen LogP contribution in [-0.4, -0.2) is 53.4 Å². The quantitative estimate of drug-likeness (QED) is 0.531. The molecular formula is C23H24ClN7O3S. The number of aromatic nitrogens is 4. The molecule has 1 aliphatic heterocycles. The van der Waals surface area contributed by atoms with Gasteiger partial charge in [-0.25, -0.2) is 13.4 Å². The molecule has 1 aliphatic rings. The first-order chi connectivity index (χ1) is 16.7. The molecule has 4 rings (SSSR count). The Morgan fingerprint density at radius 3 is 2.57 bits per heavy atom. The second kappa shape index (κ2) is 10.0. The first kappa shape index (κ1) is 24.6. The number of rotatable bonds is 6. The van der Waals surface area contributed by atoms with Gasteiger partial charge in [-0.3, -0.25) is 4.79 Å². The van der Waals surface area contributed by atoms with Gasteiger partial charge in [0.2, 0.25) is 5.95 Å². The average Bonchev–Trinajstić information content (AvgIpc) is 3.29. The fourth-order valence-electron chi connectivity index (χ4n) is 3.82. The molecule has 0 aliphatic carbocycles. The van der Waals surface area contributed by atoms with Crippen LogP contribution < -0.4 is 10.2 Å². The third kappa shape index (κ3) is 5.61. The van der Waals surface area contributed by atoms with Crippen LogP contribution in [0, 0.1) is 11.3 Å². The van der Waals surface area contributed by atoms with Crippen molar-refractivity contribution < 1.29 is 13.2 Å². The molecule has 1 amide bonds. The predicted octanol–water partition coefficient (Wildman–Crippen LogP) is 3.07. The zero-order valence-electron chi connectivity index (χ0n) is 19.3. The Hall–Kier alpha value is -3.49. The Labute approximate surface area is 208 Å². The van der Waals surface area contributed by atoms with Gasteiger partial charge in [-0.2, -0.15) is 14.9 Å². The number of hydrogen-bond donors (Lipinski definition) is 1. The van der Waals surface area contributed by atoms with Crippen molar-refractivity contribution in [3.63, 3.8) is 0 Å². The zero-order chi connectivity index (χ0) is 25.2.